The van der Waals surface area contributed by atoms with Crippen molar-refractivity contribution in [3.63, 3.8) is 0 Å². The van der Waals surface area contributed by atoms with Gasteiger partial charge < -0.3 is 5.11 Å². The summed E-state index contributed by atoms with van der Waals surface area (Å²) in [5, 5.41) is 16.7. The minimum Gasteiger partial charge on any atom is -0.396 e. The van der Waals surface area contributed by atoms with Crippen molar-refractivity contribution in [3.8, 4) is 0 Å². The first kappa shape index (κ1) is 13.2. The van der Waals surface area contributed by atoms with Crippen LogP contribution in [-0.4, -0.2) is 26.7 Å². The van der Waals surface area contributed by atoms with Crippen LogP contribution >= 0.6 is 15.9 Å². The van der Waals surface area contributed by atoms with Crippen LogP contribution < -0.4 is 0 Å². The third-order valence-corrected chi connectivity index (χ3v) is 3.26. The fraction of sp³-hybridized carbons (Fsp3) is 0.333. The first-order chi connectivity index (χ1) is 8.69. The van der Waals surface area contributed by atoms with E-state index in [0.717, 1.165) is 15.7 Å². The molecule has 0 aliphatic heterocycles. The van der Waals surface area contributed by atoms with E-state index in [1.807, 2.05) is 6.20 Å². The van der Waals surface area contributed by atoms with E-state index >= 15 is 0 Å². The molecule has 1 N–H and O–H groups in total. The Kier molecular flexibility index (Phi) is 4.43. The Labute approximate surface area is 113 Å². The molecule has 1 aromatic heterocycles. The zero-order valence-electron chi connectivity index (χ0n) is 9.68. The maximum absolute atomic E-state index is 12.9. The summed E-state index contributed by atoms with van der Waals surface area (Å²) in [7, 11) is 0. The number of aliphatic hydroxyl groups excluding tert-OH is 1. The van der Waals surface area contributed by atoms with Crippen LogP contribution in [0.4, 0.5) is 4.39 Å². The number of nitrogens with zero attached hydrogens (tertiary/aromatic N) is 3. The van der Waals surface area contributed by atoms with Crippen LogP contribution in [-0.2, 0) is 13.0 Å². The fourth-order valence-electron chi connectivity index (χ4n) is 1.61. The largest absolute Gasteiger partial charge is 0.396 e. The lowest BCUT2D eigenvalue weighted by molar-refractivity contribution is 0.288. The zero-order chi connectivity index (χ0) is 13.0. The molecule has 18 heavy (non-hydrogen) atoms. The molecular formula is C12H13BrFN3O. The summed E-state index contributed by atoms with van der Waals surface area (Å²) in [5.41, 5.74) is 1.79. The quantitative estimate of drug-likeness (QED) is 0.920. The third-order valence-electron chi connectivity index (χ3n) is 2.52. The maximum atomic E-state index is 12.9. The van der Waals surface area contributed by atoms with Crippen molar-refractivity contribution in [1.29, 1.82) is 0 Å². The van der Waals surface area contributed by atoms with Crippen molar-refractivity contribution in [2.24, 2.45) is 0 Å². The zero-order valence-corrected chi connectivity index (χ0v) is 11.3. The number of hydrogen-bond acceptors (Lipinski definition) is 3. The standard InChI is InChI=1S/C12H13BrFN3O/c13-12-6-10(14)4-3-9(12)7-17-8-11(15-16-17)2-1-5-18/h3-4,6,8,18H,1-2,5,7H2. The van der Waals surface area contributed by atoms with Gasteiger partial charge in [-0.05, 0) is 30.5 Å². The smallest absolute Gasteiger partial charge is 0.124 e. The second-order valence-electron chi connectivity index (χ2n) is 3.97. The Morgan fingerprint density at radius 1 is 1.39 bits per heavy atom. The molecule has 0 atom stereocenters. The highest BCUT2D eigenvalue weighted by molar-refractivity contribution is 9.10. The highest BCUT2D eigenvalue weighted by atomic mass is 79.9. The molecule has 2 rings (SSSR count). The van der Waals surface area contributed by atoms with Crippen LogP contribution in [0.5, 0.6) is 0 Å². The molecular weight excluding hydrogens is 301 g/mol. The predicted molar refractivity (Wildman–Crippen MR) is 68.6 cm³/mol. The van der Waals surface area contributed by atoms with Gasteiger partial charge in [-0.2, -0.15) is 0 Å². The average Bonchev–Trinajstić information content (AvgIpc) is 2.78. The summed E-state index contributed by atoms with van der Waals surface area (Å²) < 4.78 is 15.4. The van der Waals surface area contributed by atoms with Crippen LogP contribution in [0.3, 0.4) is 0 Å². The summed E-state index contributed by atoms with van der Waals surface area (Å²) in [5.74, 6) is -0.271. The average molecular weight is 314 g/mol. The Morgan fingerprint density at radius 2 is 2.22 bits per heavy atom. The van der Waals surface area contributed by atoms with E-state index in [1.165, 1.54) is 12.1 Å². The van der Waals surface area contributed by atoms with Crippen molar-refractivity contribution < 1.29 is 9.50 Å². The van der Waals surface area contributed by atoms with Crippen molar-refractivity contribution in [3.05, 3.63) is 45.9 Å². The normalized spacial score (nSPS) is 10.8. The van der Waals surface area contributed by atoms with E-state index in [1.54, 1.807) is 10.7 Å². The highest BCUT2D eigenvalue weighted by Crippen LogP contribution is 2.18. The number of hydrogen-bond donors (Lipinski definition) is 1. The van der Waals surface area contributed by atoms with Gasteiger partial charge in [-0.1, -0.05) is 27.2 Å². The second-order valence-corrected chi connectivity index (χ2v) is 4.82. The number of benzene rings is 1. The van der Waals surface area contributed by atoms with Crippen LogP contribution in [0.15, 0.2) is 28.9 Å². The van der Waals surface area contributed by atoms with Crippen LogP contribution in [0.1, 0.15) is 17.7 Å². The molecule has 2 aromatic rings. The Morgan fingerprint density at radius 3 is 2.94 bits per heavy atom. The lowest BCUT2D eigenvalue weighted by atomic mass is 10.2. The summed E-state index contributed by atoms with van der Waals surface area (Å²) in [6.07, 6.45) is 3.23. The van der Waals surface area contributed by atoms with Crippen molar-refractivity contribution in [2.75, 3.05) is 6.61 Å². The van der Waals surface area contributed by atoms with Crippen molar-refractivity contribution in [2.45, 2.75) is 19.4 Å². The first-order valence-corrected chi connectivity index (χ1v) is 6.42. The van der Waals surface area contributed by atoms with Crippen molar-refractivity contribution in [1.82, 2.24) is 15.0 Å². The number of aryl methyl sites for hydroxylation is 1. The first-order valence-electron chi connectivity index (χ1n) is 5.63. The van der Waals surface area contributed by atoms with Gasteiger partial charge in [0, 0.05) is 17.3 Å². The van der Waals surface area contributed by atoms with Gasteiger partial charge in [-0.3, -0.25) is 0 Å². The molecule has 0 fully saturated rings. The van der Waals surface area contributed by atoms with Gasteiger partial charge in [0.1, 0.15) is 5.82 Å². The molecule has 0 unspecified atom stereocenters. The summed E-state index contributed by atoms with van der Waals surface area (Å²) in [4.78, 5) is 0. The Bertz CT molecular complexity index is 530. The van der Waals surface area contributed by atoms with Crippen LogP contribution in [0, 0.1) is 5.82 Å². The van der Waals surface area contributed by atoms with E-state index in [0.29, 0.717) is 19.4 Å². The molecule has 0 radical (unpaired) electrons. The molecule has 6 heteroatoms. The van der Waals surface area contributed by atoms with E-state index < -0.39 is 0 Å². The van der Waals surface area contributed by atoms with Gasteiger partial charge in [0.25, 0.3) is 0 Å². The molecule has 1 heterocycles. The van der Waals surface area contributed by atoms with Gasteiger partial charge >= 0.3 is 0 Å². The predicted octanol–water partition coefficient (Wildman–Crippen LogP) is 2.15. The fourth-order valence-corrected chi connectivity index (χ4v) is 2.09. The van der Waals surface area contributed by atoms with Gasteiger partial charge in [0.05, 0.1) is 12.2 Å². The van der Waals surface area contributed by atoms with Crippen LogP contribution in [0.2, 0.25) is 0 Å². The number of aromatic nitrogens is 3. The minimum atomic E-state index is -0.271. The molecule has 4 nitrogen and oxygen atoms in total. The lowest BCUT2D eigenvalue weighted by Gasteiger charge is -2.03. The van der Waals surface area contributed by atoms with E-state index in [-0.39, 0.29) is 12.4 Å². The molecule has 0 amide bonds. The molecule has 1 aromatic carbocycles. The molecule has 0 saturated heterocycles. The topological polar surface area (TPSA) is 50.9 Å². The molecule has 0 spiro atoms. The van der Waals surface area contributed by atoms with E-state index in [9.17, 15) is 4.39 Å². The monoisotopic (exact) mass is 313 g/mol. The Balaban J connectivity index is 2.06. The summed E-state index contributed by atoms with van der Waals surface area (Å²) >= 11 is 3.32. The van der Waals surface area contributed by atoms with Gasteiger partial charge in [0.2, 0.25) is 0 Å². The summed E-state index contributed by atoms with van der Waals surface area (Å²) in [6.45, 7) is 0.684. The molecule has 96 valence electrons. The highest BCUT2D eigenvalue weighted by Gasteiger charge is 2.05. The SMILES string of the molecule is OCCCc1cn(Cc2ccc(F)cc2Br)nn1. The molecule has 0 saturated carbocycles. The Hall–Kier alpha value is -1.27. The van der Waals surface area contributed by atoms with E-state index in [2.05, 4.69) is 26.2 Å². The van der Waals surface area contributed by atoms with Crippen LogP contribution in [0.25, 0.3) is 0 Å². The minimum absolute atomic E-state index is 0.149. The molecule has 0 aliphatic carbocycles. The lowest BCUT2D eigenvalue weighted by Crippen LogP contribution is -2.01. The van der Waals surface area contributed by atoms with E-state index in [4.69, 9.17) is 5.11 Å². The van der Waals surface area contributed by atoms with Gasteiger partial charge in [-0.25, -0.2) is 9.07 Å². The van der Waals surface area contributed by atoms with Gasteiger partial charge in [0.15, 0.2) is 0 Å². The summed E-state index contributed by atoms with van der Waals surface area (Å²) in [6, 6.07) is 4.57. The second kappa shape index (κ2) is 6.06. The van der Waals surface area contributed by atoms with Gasteiger partial charge in [-0.15, -0.1) is 5.10 Å². The number of halogens is 2. The third kappa shape index (κ3) is 3.36. The number of rotatable bonds is 5. The maximum Gasteiger partial charge on any atom is 0.124 e. The number of aliphatic hydroxyl groups is 1. The molecule has 0 bridgehead atoms. The van der Waals surface area contributed by atoms with Crippen molar-refractivity contribution >= 4 is 15.9 Å². The molecule has 0 aliphatic rings.